The maximum Gasteiger partial charge on any atom is 0.305 e. The van der Waals surface area contributed by atoms with Crippen molar-refractivity contribution in [1.29, 1.82) is 0 Å². The molecule has 0 radical (unpaired) electrons. The molecular weight excluding hydrogens is 356 g/mol. The van der Waals surface area contributed by atoms with Gasteiger partial charge in [-0.3, -0.25) is 9.59 Å². The number of hydrogen-bond acceptors (Lipinski definition) is 5. The first-order valence-corrected chi connectivity index (χ1v) is 9.67. The number of esters is 1. The normalized spacial score (nSPS) is 25.8. The molecule has 2 aliphatic carbocycles. The lowest BCUT2D eigenvalue weighted by atomic mass is 9.62. The Labute approximate surface area is 163 Å². The second kappa shape index (κ2) is 6.45. The second-order valence-corrected chi connectivity index (χ2v) is 7.95. The van der Waals surface area contributed by atoms with Gasteiger partial charge in [-0.05, 0) is 52.4 Å². The lowest BCUT2D eigenvalue weighted by Crippen LogP contribution is -2.53. The van der Waals surface area contributed by atoms with Crippen LogP contribution in [-0.2, 0) is 20.7 Å². The fraction of sp³-hybridized carbons (Fsp3) is 0.391. The van der Waals surface area contributed by atoms with Crippen LogP contribution in [0.15, 0.2) is 36.4 Å². The van der Waals surface area contributed by atoms with Crippen molar-refractivity contribution in [3.05, 3.63) is 47.5 Å². The number of carbonyl (C=O) groups is 2. The van der Waals surface area contributed by atoms with Crippen molar-refractivity contribution >= 4 is 28.1 Å². The maximum atomic E-state index is 12.8. The van der Waals surface area contributed by atoms with Gasteiger partial charge in [-0.2, -0.15) is 0 Å². The molecule has 2 N–H and O–H groups in total. The van der Waals surface area contributed by atoms with Crippen LogP contribution in [-0.4, -0.2) is 34.2 Å². The van der Waals surface area contributed by atoms with Gasteiger partial charge in [0, 0.05) is 18.3 Å². The molecule has 0 saturated heterocycles. The highest BCUT2D eigenvalue weighted by atomic mass is 16.5. The zero-order chi connectivity index (χ0) is 20.1. The molecule has 28 heavy (non-hydrogen) atoms. The van der Waals surface area contributed by atoms with E-state index in [4.69, 9.17) is 4.74 Å². The molecule has 0 amide bonds. The van der Waals surface area contributed by atoms with Crippen LogP contribution in [0.25, 0.3) is 16.3 Å². The van der Waals surface area contributed by atoms with E-state index >= 15 is 0 Å². The number of Topliss-reactive ketones (excluding diaryl/α,β-unsaturated/α-hetero) is 1. The summed E-state index contributed by atoms with van der Waals surface area (Å²) in [6.07, 6.45) is 3.70. The van der Waals surface area contributed by atoms with Gasteiger partial charge in [0.1, 0.15) is 11.4 Å². The number of benzene rings is 2. The highest BCUT2D eigenvalue weighted by Gasteiger charge is 2.58. The van der Waals surface area contributed by atoms with Gasteiger partial charge in [0.2, 0.25) is 5.78 Å². The average Bonchev–Trinajstić information content (AvgIpc) is 2.97. The first-order chi connectivity index (χ1) is 13.3. The van der Waals surface area contributed by atoms with Gasteiger partial charge in [-0.25, -0.2) is 0 Å². The maximum absolute atomic E-state index is 12.8. The number of aromatic hydroxyl groups is 1. The number of hydrogen-bond donors (Lipinski definition) is 2. The third-order valence-corrected chi connectivity index (χ3v) is 6.50. The van der Waals surface area contributed by atoms with E-state index in [1.165, 1.54) is 5.56 Å². The van der Waals surface area contributed by atoms with Crippen LogP contribution in [0, 0.1) is 5.41 Å². The molecule has 0 unspecified atom stereocenters. The van der Waals surface area contributed by atoms with Crippen molar-refractivity contribution in [3.63, 3.8) is 0 Å². The Kier molecular flexibility index (Phi) is 4.31. The summed E-state index contributed by atoms with van der Waals surface area (Å²) in [5, 5.41) is 23.1. The zero-order valence-electron chi connectivity index (χ0n) is 16.1. The molecule has 146 valence electrons. The van der Waals surface area contributed by atoms with Gasteiger partial charge in [0.05, 0.1) is 0 Å². The molecule has 0 aliphatic heterocycles. The van der Waals surface area contributed by atoms with E-state index < -0.39 is 29.4 Å². The Balaban J connectivity index is 1.71. The number of rotatable bonds is 4. The fourth-order valence-electron chi connectivity index (χ4n) is 4.74. The van der Waals surface area contributed by atoms with Crippen LogP contribution >= 0.6 is 0 Å². The Morgan fingerprint density at radius 2 is 2.00 bits per heavy atom. The van der Waals surface area contributed by atoms with Crippen molar-refractivity contribution in [2.24, 2.45) is 5.41 Å². The molecule has 2 aromatic rings. The topological polar surface area (TPSA) is 83.8 Å². The first-order valence-electron chi connectivity index (χ1n) is 9.67. The monoisotopic (exact) mass is 380 g/mol. The second-order valence-electron chi connectivity index (χ2n) is 7.95. The molecule has 2 atom stereocenters. The smallest absolute Gasteiger partial charge is 0.305 e. The molecule has 5 nitrogen and oxygen atoms in total. The highest BCUT2D eigenvalue weighted by molar-refractivity contribution is 5.99. The number of aryl methyl sites for hydroxylation is 1. The minimum Gasteiger partial charge on any atom is -0.508 e. The van der Waals surface area contributed by atoms with Crippen molar-refractivity contribution in [3.8, 4) is 5.75 Å². The summed E-state index contributed by atoms with van der Waals surface area (Å²) in [5.41, 5.74) is 0.899. The minimum absolute atomic E-state index is 0.197. The molecule has 0 bridgehead atoms. The summed E-state index contributed by atoms with van der Waals surface area (Å²) >= 11 is 0. The third kappa shape index (κ3) is 2.57. The molecule has 5 heteroatoms. The molecule has 0 spiro atoms. The summed E-state index contributed by atoms with van der Waals surface area (Å²) in [6.45, 7) is 3.19. The SMILES string of the molecule is CCC(=O)OCC(=O)[C@@]1(O)CC=C2c3ccc4cc(O)ccc4c3CC[C@@]21C. The van der Waals surface area contributed by atoms with E-state index in [9.17, 15) is 19.8 Å². The standard InChI is InChI=1S/C23H24O5/c1-3-21(26)28-13-20(25)23(27)11-9-19-18-6-4-14-12-15(24)5-7-16(14)17(18)8-10-22(19,23)2/h4-7,9,12,24,27H,3,8,10-11,13H2,1-2H3/t22-,23-/m0/s1. The molecule has 0 aromatic heterocycles. The van der Waals surface area contributed by atoms with Crippen LogP contribution < -0.4 is 0 Å². The van der Waals surface area contributed by atoms with E-state index in [1.807, 2.05) is 31.2 Å². The third-order valence-electron chi connectivity index (χ3n) is 6.50. The van der Waals surface area contributed by atoms with E-state index in [0.717, 1.165) is 28.3 Å². The molecule has 2 aliphatic rings. The molecule has 4 rings (SSSR count). The predicted molar refractivity (Wildman–Crippen MR) is 106 cm³/mol. The Morgan fingerprint density at radius 3 is 2.75 bits per heavy atom. The number of phenols is 1. The largest absolute Gasteiger partial charge is 0.508 e. The number of aliphatic hydroxyl groups is 1. The van der Waals surface area contributed by atoms with Gasteiger partial charge in [0.15, 0.2) is 6.61 Å². The van der Waals surface area contributed by atoms with Crippen LogP contribution in [0.3, 0.4) is 0 Å². The van der Waals surface area contributed by atoms with Crippen molar-refractivity contribution in [2.75, 3.05) is 6.61 Å². The Bertz CT molecular complexity index is 1020. The Hall–Kier alpha value is -2.66. The van der Waals surface area contributed by atoms with E-state index in [2.05, 4.69) is 0 Å². The van der Waals surface area contributed by atoms with Gasteiger partial charge in [0.25, 0.3) is 0 Å². The van der Waals surface area contributed by atoms with Crippen LogP contribution in [0.4, 0.5) is 0 Å². The molecule has 0 saturated carbocycles. The summed E-state index contributed by atoms with van der Waals surface area (Å²) in [5.74, 6) is -0.663. The van der Waals surface area contributed by atoms with E-state index in [0.29, 0.717) is 6.42 Å². The van der Waals surface area contributed by atoms with Crippen LogP contribution in [0.1, 0.15) is 44.2 Å². The lowest BCUT2D eigenvalue weighted by Gasteiger charge is -2.44. The molecule has 0 fully saturated rings. The van der Waals surface area contributed by atoms with Crippen LogP contribution in [0.2, 0.25) is 0 Å². The minimum atomic E-state index is -1.57. The van der Waals surface area contributed by atoms with E-state index in [-0.39, 0.29) is 18.6 Å². The average molecular weight is 380 g/mol. The quantitative estimate of drug-likeness (QED) is 0.793. The summed E-state index contributed by atoms with van der Waals surface area (Å²) in [6, 6.07) is 9.31. The predicted octanol–water partition coefficient (Wildman–Crippen LogP) is 3.54. The van der Waals surface area contributed by atoms with Crippen LogP contribution in [0.5, 0.6) is 5.75 Å². The highest BCUT2D eigenvalue weighted by Crippen LogP contribution is 2.58. The van der Waals surface area contributed by atoms with Gasteiger partial charge >= 0.3 is 5.97 Å². The van der Waals surface area contributed by atoms with Gasteiger partial charge in [-0.15, -0.1) is 0 Å². The lowest BCUT2D eigenvalue weighted by molar-refractivity contribution is -0.159. The Morgan fingerprint density at radius 1 is 1.21 bits per heavy atom. The first kappa shape index (κ1) is 18.7. The van der Waals surface area contributed by atoms with E-state index in [1.54, 1.807) is 19.1 Å². The van der Waals surface area contributed by atoms with Crippen molar-refractivity contribution < 1.29 is 24.5 Å². The number of fused-ring (bicyclic) bond motifs is 5. The molecule has 2 aromatic carbocycles. The molecule has 0 heterocycles. The summed E-state index contributed by atoms with van der Waals surface area (Å²) in [4.78, 5) is 24.2. The number of carbonyl (C=O) groups excluding carboxylic acids is 2. The summed E-state index contributed by atoms with van der Waals surface area (Å²) < 4.78 is 5.00. The summed E-state index contributed by atoms with van der Waals surface area (Å²) in [7, 11) is 0. The number of ether oxygens (including phenoxy) is 1. The fourth-order valence-corrected chi connectivity index (χ4v) is 4.74. The van der Waals surface area contributed by atoms with Gasteiger partial charge < -0.3 is 14.9 Å². The number of phenolic OH excluding ortho intramolecular Hbond substituents is 1. The zero-order valence-corrected chi connectivity index (χ0v) is 16.1. The van der Waals surface area contributed by atoms with Crippen molar-refractivity contribution in [1.82, 2.24) is 0 Å². The molecular formula is C23H24O5. The van der Waals surface area contributed by atoms with Gasteiger partial charge in [-0.1, -0.05) is 38.1 Å². The van der Waals surface area contributed by atoms with Crippen molar-refractivity contribution in [2.45, 2.75) is 45.1 Å². The number of ketones is 1.